The Labute approximate surface area is 154 Å². The molecular weight excluding hydrogens is 332 g/mol. The van der Waals surface area contributed by atoms with E-state index in [0.29, 0.717) is 13.1 Å². The number of para-hydroxylation sites is 1. The molecule has 2 aromatic carbocycles. The maximum Gasteiger partial charge on any atom is 0.314 e. The van der Waals surface area contributed by atoms with Gasteiger partial charge in [-0.25, -0.2) is 4.79 Å². The van der Waals surface area contributed by atoms with E-state index in [-0.39, 0.29) is 12.1 Å². The molecule has 0 spiro atoms. The van der Waals surface area contributed by atoms with Gasteiger partial charge in [0.25, 0.3) is 0 Å². The fourth-order valence-electron chi connectivity index (χ4n) is 2.61. The molecule has 2 amide bonds. The molecule has 0 saturated carbocycles. The van der Waals surface area contributed by atoms with Gasteiger partial charge in [-0.3, -0.25) is 0 Å². The Bertz CT molecular complexity index is 688. The first kappa shape index (κ1) is 19.6. The molecule has 1 atom stereocenters. The number of nitrogens with one attached hydrogen (secondary N) is 2. The lowest BCUT2D eigenvalue weighted by molar-refractivity contribution is 0.101. The third-order valence-electron chi connectivity index (χ3n) is 4.08. The molecule has 0 aliphatic rings. The molecule has 0 aliphatic heterocycles. The summed E-state index contributed by atoms with van der Waals surface area (Å²) >= 11 is 0. The van der Waals surface area contributed by atoms with Crippen LogP contribution in [0.25, 0.3) is 0 Å². The van der Waals surface area contributed by atoms with Gasteiger partial charge in [0, 0.05) is 25.8 Å². The van der Waals surface area contributed by atoms with Crippen LogP contribution in [0.4, 0.5) is 4.79 Å². The molecule has 2 rings (SSSR count). The average Bonchev–Trinajstić information content (AvgIpc) is 2.69. The van der Waals surface area contributed by atoms with E-state index in [4.69, 9.17) is 14.2 Å². The van der Waals surface area contributed by atoms with Crippen LogP contribution in [0.5, 0.6) is 11.5 Å². The minimum Gasteiger partial charge on any atom is -0.497 e. The SMILES string of the molecule is COc1ccc(CCNC(=O)NCC(OC)c2ccccc2OC)cc1. The van der Waals surface area contributed by atoms with Crippen molar-refractivity contribution in [3.8, 4) is 11.5 Å². The van der Waals surface area contributed by atoms with Gasteiger partial charge in [0.05, 0.1) is 14.2 Å². The van der Waals surface area contributed by atoms with E-state index in [1.165, 1.54) is 0 Å². The number of carbonyl (C=O) groups is 1. The highest BCUT2D eigenvalue weighted by Gasteiger charge is 2.16. The van der Waals surface area contributed by atoms with Crippen molar-refractivity contribution in [2.45, 2.75) is 12.5 Å². The number of amides is 2. The van der Waals surface area contributed by atoms with Crippen molar-refractivity contribution in [2.75, 3.05) is 34.4 Å². The number of methoxy groups -OCH3 is 3. The Morgan fingerprint density at radius 3 is 2.35 bits per heavy atom. The molecule has 140 valence electrons. The number of hydrogen-bond acceptors (Lipinski definition) is 4. The Morgan fingerprint density at radius 1 is 0.962 bits per heavy atom. The van der Waals surface area contributed by atoms with Crippen LogP contribution in [-0.2, 0) is 11.2 Å². The van der Waals surface area contributed by atoms with Gasteiger partial charge in [0.1, 0.15) is 17.6 Å². The Kier molecular flexibility index (Phi) is 7.76. The predicted octanol–water partition coefficient (Wildman–Crippen LogP) is 2.93. The maximum atomic E-state index is 12.0. The second-order valence-electron chi connectivity index (χ2n) is 5.70. The van der Waals surface area contributed by atoms with E-state index >= 15 is 0 Å². The molecule has 0 bridgehead atoms. The second-order valence-corrected chi connectivity index (χ2v) is 5.70. The molecule has 0 radical (unpaired) electrons. The summed E-state index contributed by atoms with van der Waals surface area (Å²) in [5.41, 5.74) is 2.03. The minimum atomic E-state index is -0.279. The second kappa shape index (κ2) is 10.3. The normalized spacial score (nSPS) is 11.5. The Hall–Kier alpha value is -2.73. The largest absolute Gasteiger partial charge is 0.497 e. The van der Waals surface area contributed by atoms with Crippen LogP contribution < -0.4 is 20.1 Å². The summed E-state index contributed by atoms with van der Waals surface area (Å²) in [6, 6.07) is 15.2. The van der Waals surface area contributed by atoms with Crippen LogP contribution in [0.3, 0.4) is 0 Å². The number of ether oxygens (including phenoxy) is 3. The van der Waals surface area contributed by atoms with E-state index in [0.717, 1.165) is 29.0 Å². The average molecular weight is 358 g/mol. The van der Waals surface area contributed by atoms with Gasteiger partial charge in [-0.05, 0) is 30.2 Å². The van der Waals surface area contributed by atoms with E-state index in [1.807, 2.05) is 48.5 Å². The first-order valence-electron chi connectivity index (χ1n) is 8.48. The van der Waals surface area contributed by atoms with E-state index in [9.17, 15) is 4.79 Å². The fraction of sp³-hybridized carbons (Fsp3) is 0.350. The molecule has 0 heterocycles. The van der Waals surface area contributed by atoms with Gasteiger partial charge >= 0.3 is 6.03 Å². The topological polar surface area (TPSA) is 68.8 Å². The first-order valence-corrected chi connectivity index (χ1v) is 8.48. The molecule has 26 heavy (non-hydrogen) atoms. The monoisotopic (exact) mass is 358 g/mol. The van der Waals surface area contributed by atoms with Crippen LogP contribution >= 0.6 is 0 Å². The van der Waals surface area contributed by atoms with Crippen molar-refractivity contribution < 1.29 is 19.0 Å². The van der Waals surface area contributed by atoms with Crippen LogP contribution in [0.15, 0.2) is 48.5 Å². The molecule has 2 aromatic rings. The number of benzene rings is 2. The van der Waals surface area contributed by atoms with Crippen molar-refractivity contribution in [3.63, 3.8) is 0 Å². The highest BCUT2D eigenvalue weighted by Crippen LogP contribution is 2.26. The minimum absolute atomic E-state index is 0.226. The zero-order valence-corrected chi connectivity index (χ0v) is 15.5. The highest BCUT2D eigenvalue weighted by molar-refractivity contribution is 5.73. The molecule has 0 aliphatic carbocycles. The summed E-state index contributed by atoms with van der Waals surface area (Å²) in [6.45, 7) is 0.899. The summed E-state index contributed by atoms with van der Waals surface area (Å²) in [5, 5.41) is 5.69. The lowest BCUT2D eigenvalue weighted by atomic mass is 10.1. The van der Waals surface area contributed by atoms with Crippen LogP contribution in [0.1, 0.15) is 17.2 Å². The lowest BCUT2D eigenvalue weighted by Gasteiger charge is -2.19. The quantitative estimate of drug-likeness (QED) is 0.723. The Balaban J connectivity index is 1.77. The van der Waals surface area contributed by atoms with E-state index in [2.05, 4.69) is 10.6 Å². The zero-order chi connectivity index (χ0) is 18.8. The van der Waals surface area contributed by atoms with Crippen molar-refractivity contribution >= 4 is 6.03 Å². The van der Waals surface area contributed by atoms with Gasteiger partial charge in [0.2, 0.25) is 0 Å². The van der Waals surface area contributed by atoms with Gasteiger partial charge < -0.3 is 24.8 Å². The van der Waals surface area contributed by atoms with Crippen LogP contribution in [-0.4, -0.2) is 40.5 Å². The maximum absolute atomic E-state index is 12.0. The van der Waals surface area contributed by atoms with Crippen LogP contribution in [0, 0.1) is 0 Å². The zero-order valence-electron chi connectivity index (χ0n) is 15.5. The Morgan fingerprint density at radius 2 is 1.69 bits per heavy atom. The number of hydrogen-bond donors (Lipinski definition) is 2. The third kappa shape index (κ3) is 5.67. The van der Waals surface area contributed by atoms with Crippen molar-refractivity contribution in [1.29, 1.82) is 0 Å². The van der Waals surface area contributed by atoms with Gasteiger partial charge in [-0.2, -0.15) is 0 Å². The molecule has 6 heteroatoms. The molecule has 6 nitrogen and oxygen atoms in total. The van der Waals surface area contributed by atoms with Crippen molar-refractivity contribution in [2.24, 2.45) is 0 Å². The smallest absolute Gasteiger partial charge is 0.314 e. The molecule has 0 aromatic heterocycles. The summed E-state index contributed by atoms with van der Waals surface area (Å²) in [5.74, 6) is 1.56. The standard InChI is InChI=1S/C20H26N2O4/c1-24-16-10-8-15(9-11-16)12-13-21-20(23)22-14-19(26-3)17-6-4-5-7-18(17)25-2/h4-11,19H,12-14H2,1-3H3,(H2,21,22,23). The molecule has 0 fully saturated rings. The number of urea groups is 1. The molecular formula is C20H26N2O4. The van der Waals surface area contributed by atoms with Crippen molar-refractivity contribution in [1.82, 2.24) is 10.6 Å². The molecule has 0 saturated heterocycles. The molecule has 2 N–H and O–H groups in total. The number of rotatable bonds is 9. The third-order valence-corrected chi connectivity index (χ3v) is 4.08. The lowest BCUT2D eigenvalue weighted by Crippen LogP contribution is -2.39. The van der Waals surface area contributed by atoms with E-state index < -0.39 is 0 Å². The summed E-state index contributed by atoms with van der Waals surface area (Å²) < 4.78 is 16.0. The highest BCUT2D eigenvalue weighted by atomic mass is 16.5. The number of carbonyl (C=O) groups excluding carboxylic acids is 1. The van der Waals surface area contributed by atoms with Crippen molar-refractivity contribution in [3.05, 3.63) is 59.7 Å². The molecule has 1 unspecified atom stereocenters. The van der Waals surface area contributed by atoms with E-state index in [1.54, 1.807) is 21.3 Å². The van der Waals surface area contributed by atoms with Gasteiger partial charge in [-0.15, -0.1) is 0 Å². The summed E-state index contributed by atoms with van der Waals surface area (Å²) in [7, 11) is 4.87. The van der Waals surface area contributed by atoms with Gasteiger partial charge in [0.15, 0.2) is 0 Å². The van der Waals surface area contributed by atoms with Crippen LogP contribution in [0.2, 0.25) is 0 Å². The summed E-state index contributed by atoms with van der Waals surface area (Å²) in [6.07, 6.45) is 0.468. The first-order chi connectivity index (χ1) is 12.7. The summed E-state index contributed by atoms with van der Waals surface area (Å²) in [4.78, 5) is 12.0. The fourth-order valence-corrected chi connectivity index (χ4v) is 2.61. The van der Waals surface area contributed by atoms with Gasteiger partial charge in [-0.1, -0.05) is 30.3 Å². The predicted molar refractivity (Wildman–Crippen MR) is 101 cm³/mol.